The summed E-state index contributed by atoms with van der Waals surface area (Å²) in [5, 5.41) is 5.77. The van der Waals surface area contributed by atoms with E-state index in [1.165, 1.54) is 0 Å². The van der Waals surface area contributed by atoms with Gasteiger partial charge in [0.25, 0.3) is 0 Å². The molecule has 1 aromatic carbocycles. The van der Waals surface area contributed by atoms with Crippen molar-refractivity contribution < 1.29 is 14.3 Å². The van der Waals surface area contributed by atoms with Gasteiger partial charge in [-0.2, -0.15) is 0 Å². The molecule has 0 bridgehead atoms. The number of ether oxygens (including phenoxy) is 1. The van der Waals surface area contributed by atoms with Crippen molar-refractivity contribution >= 4 is 28.8 Å². The van der Waals surface area contributed by atoms with Crippen molar-refractivity contribution in [3.05, 3.63) is 24.5 Å². The molecule has 1 aliphatic heterocycles. The lowest BCUT2D eigenvalue weighted by Gasteiger charge is -2.31. The number of fused-ring (bicyclic) bond motifs is 1. The number of imidazole rings is 1. The predicted molar refractivity (Wildman–Crippen MR) is 89.9 cm³/mol. The quantitative estimate of drug-likeness (QED) is 0.803. The van der Waals surface area contributed by atoms with Gasteiger partial charge in [0.2, 0.25) is 0 Å². The third kappa shape index (κ3) is 3.76. The Hall–Kier alpha value is -2.77. The van der Waals surface area contributed by atoms with Gasteiger partial charge >= 0.3 is 12.1 Å². The van der Waals surface area contributed by atoms with Gasteiger partial charge in [-0.15, -0.1) is 0 Å². The van der Waals surface area contributed by atoms with Crippen LogP contribution < -0.4 is 10.6 Å². The number of piperidine rings is 1. The third-order valence-electron chi connectivity index (χ3n) is 4.03. The topological polar surface area (TPSA) is 99.3 Å². The molecule has 2 heterocycles. The Morgan fingerprint density at radius 2 is 2.17 bits per heavy atom. The third-order valence-corrected chi connectivity index (χ3v) is 4.03. The average Bonchev–Trinajstić information content (AvgIpc) is 3.03. The minimum atomic E-state index is -0.284. The van der Waals surface area contributed by atoms with Crippen LogP contribution in [0.5, 0.6) is 0 Å². The van der Waals surface area contributed by atoms with Gasteiger partial charge in [-0.05, 0) is 38.0 Å². The number of hydrogen-bond acceptors (Lipinski definition) is 4. The standard InChI is InChI=1S/C16H21N5O3/c1-2-24-16(23)21-7-5-11(6-8-21)19-15(22)20-12-3-4-13-14(9-12)18-10-17-13/h3-4,9-11H,2,5-8H2,1H3,(H,17,18)(H2,19,20,22). The SMILES string of the molecule is CCOC(=O)N1CCC(NC(=O)Nc2ccc3nc[nH]c3c2)CC1. The molecule has 0 unspecified atom stereocenters. The monoisotopic (exact) mass is 331 g/mol. The number of carbonyl (C=O) groups excluding carboxylic acids is 2. The number of urea groups is 1. The van der Waals surface area contributed by atoms with Crippen LogP contribution in [-0.4, -0.2) is 52.7 Å². The highest BCUT2D eigenvalue weighted by Gasteiger charge is 2.24. The van der Waals surface area contributed by atoms with Gasteiger partial charge in [-0.1, -0.05) is 0 Å². The van der Waals surface area contributed by atoms with E-state index in [0.717, 1.165) is 11.0 Å². The Balaban J connectivity index is 1.48. The maximum atomic E-state index is 12.1. The molecule has 0 radical (unpaired) electrons. The number of amides is 3. The van der Waals surface area contributed by atoms with Gasteiger partial charge in [0.1, 0.15) is 0 Å². The molecule has 3 amide bonds. The van der Waals surface area contributed by atoms with Gasteiger partial charge in [0, 0.05) is 24.8 Å². The molecule has 24 heavy (non-hydrogen) atoms. The summed E-state index contributed by atoms with van der Waals surface area (Å²) in [5.74, 6) is 0. The molecule has 8 nitrogen and oxygen atoms in total. The second-order valence-corrected chi connectivity index (χ2v) is 5.69. The summed E-state index contributed by atoms with van der Waals surface area (Å²) in [6.45, 7) is 3.34. The van der Waals surface area contributed by atoms with Crippen LogP contribution in [0.25, 0.3) is 11.0 Å². The largest absolute Gasteiger partial charge is 0.450 e. The molecule has 0 spiro atoms. The van der Waals surface area contributed by atoms with E-state index in [4.69, 9.17) is 4.74 Å². The maximum absolute atomic E-state index is 12.1. The van der Waals surface area contributed by atoms with Crippen LogP contribution in [0.15, 0.2) is 24.5 Å². The first kappa shape index (κ1) is 16.1. The van der Waals surface area contributed by atoms with Crippen LogP contribution in [-0.2, 0) is 4.74 Å². The summed E-state index contributed by atoms with van der Waals surface area (Å²) in [4.78, 5) is 32.6. The smallest absolute Gasteiger partial charge is 0.409 e. The van der Waals surface area contributed by atoms with E-state index in [2.05, 4.69) is 20.6 Å². The van der Waals surface area contributed by atoms with Crippen molar-refractivity contribution in [3.63, 3.8) is 0 Å². The molecule has 128 valence electrons. The molecule has 0 atom stereocenters. The van der Waals surface area contributed by atoms with Gasteiger partial charge in [0.05, 0.1) is 24.0 Å². The molecule has 0 saturated carbocycles. The summed E-state index contributed by atoms with van der Waals surface area (Å²) >= 11 is 0. The van der Waals surface area contributed by atoms with Gasteiger partial charge in [0.15, 0.2) is 0 Å². The maximum Gasteiger partial charge on any atom is 0.409 e. The van der Waals surface area contributed by atoms with E-state index in [0.29, 0.717) is 38.2 Å². The lowest BCUT2D eigenvalue weighted by atomic mass is 10.1. The zero-order valence-electron chi connectivity index (χ0n) is 13.5. The Morgan fingerprint density at radius 3 is 2.92 bits per heavy atom. The molecule has 2 aromatic rings. The normalized spacial score (nSPS) is 15.3. The van der Waals surface area contributed by atoms with E-state index >= 15 is 0 Å². The number of hydrogen-bond donors (Lipinski definition) is 3. The molecule has 3 rings (SSSR count). The zero-order chi connectivity index (χ0) is 16.9. The number of benzene rings is 1. The van der Waals surface area contributed by atoms with E-state index in [1.807, 2.05) is 18.2 Å². The summed E-state index contributed by atoms with van der Waals surface area (Å²) in [6, 6.07) is 5.30. The highest BCUT2D eigenvalue weighted by atomic mass is 16.6. The lowest BCUT2D eigenvalue weighted by Crippen LogP contribution is -2.47. The fraction of sp³-hybridized carbons (Fsp3) is 0.438. The van der Waals surface area contributed by atoms with Crippen molar-refractivity contribution in [3.8, 4) is 0 Å². The minimum absolute atomic E-state index is 0.0477. The van der Waals surface area contributed by atoms with Gasteiger partial charge in [-0.3, -0.25) is 0 Å². The predicted octanol–water partition coefficient (Wildman–Crippen LogP) is 2.31. The van der Waals surface area contributed by atoms with Crippen molar-refractivity contribution in [2.24, 2.45) is 0 Å². The van der Waals surface area contributed by atoms with Crippen LogP contribution in [0, 0.1) is 0 Å². The molecule has 1 saturated heterocycles. The highest BCUT2D eigenvalue weighted by molar-refractivity contribution is 5.92. The molecule has 3 N–H and O–H groups in total. The van der Waals surface area contributed by atoms with Crippen molar-refractivity contribution in [2.75, 3.05) is 25.0 Å². The number of nitrogens with zero attached hydrogens (tertiary/aromatic N) is 2. The van der Waals surface area contributed by atoms with Crippen LogP contribution >= 0.6 is 0 Å². The van der Waals surface area contributed by atoms with Crippen molar-refractivity contribution in [1.82, 2.24) is 20.2 Å². The van der Waals surface area contributed by atoms with E-state index < -0.39 is 0 Å². The molecule has 0 aliphatic carbocycles. The van der Waals surface area contributed by atoms with Gasteiger partial charge in [-0.25, -0.2) is 14.6 Å². The average molecular weight is 331 g/mol. The number of aromatic nitrogens is 2. The molecular weight excluding hydrogens is 310 g/mol. The Kier molecular flexibility index (Phi) is 4.83. The van der Waals surface area contributed by atoms with E-state index in [-0.39, 0.29) is 18.2 Å². The number of carbonyl (C=O) groups is 2. The van der Waals surface area contributed by atoms with Crippen LogP contribution in [0.2, 0.25) is 0 Å². The second-order valence-electron chi connectivity index (χ2n) is 5.69. The summed E-state index contributed by atoms with van der Waals surface area (Å²) in [7, 11) is 0. The summed E-state index contributed by atoms with van der Waals surface area (Å²) in [5.41, 5.74) is 2.43. The van der Waals surface area contributed by atoms with Crippen LogP contribution in [0.3, 0.4) is 0 Å². The Morgan fingerprint density at radius 1 is 1.38 bits per heavy atom. The number of likely N-dealkylation sites (tertiary alicyclic amines) is 1. The molecule has 1 aromatic heterocycles. The first-order valence-electron chi connectivity index (χ1n) is 8.08. The number of rotatable bonds is 3. The first-order chi connectivity index (χ1) is 11.7. The summed E-state index contributed by atoms with van der Waals surface area (Å²) < 4.78 is 4.98. The number of anilines is 1. The zero-order valence-corrected chi connectivity index (χ0v) is 13.5. The number of H-pyrrole nitrogens is 1. The Bertz CT molecular complexity index is 721. The minimum Gasteiger partial charge on any atom is -0.450 e. The fourth-order valence-electron chi connectivity index (χ4n) is 2.79. The highest BCUT2D eigenvalue weighted by Crippen LogP contribution is 2.16. The summed E-state index contributed by atoms with van der Waals surface area (Å²) in [6.07, 6.45) is 2.76. The first-order valence-corrected chi connectivity index (χ1v) is 8.08. The Labute approximate surface area is 139 Å². The second kappa shape index (κ2) is 7.20. The molecule has 1 aliphatic rings. The van der Waals surface area contributed by atoms with Crippen LogP contribution in [0.4, 0.5) is 15.3 Å². The van der Waals surface area contributed by atoms with Gasteiger partial charge < -0.3 is 25.3 Å². The van der Waals surface area contributed by atoms with Crippen molar-refractivity contribution in [2.45, 2.75) is 25.8 Å². The molecule has 1 fully saturated rings. The van der Waals surface area contributed by atoms with E-state index in [1.54, 1.807) is 18.2 Å². The van der Waals surface area contributed by atoms with Crippen LogP contribution in [0.1, 0.15) is 19.8 Å². The number of nitrogens with one attached hydrogen (secondary N) is 3. The van der Waals surface area contributed by atoms with Crippen molar-refractivity contribution in [1.29, 1.82) is 0 Å². The molecule has 8 heteroatoms. The van der Waals surface area contributed by atoms with E-state index in [9.17, 15) is 9.59 Å². The lowest BCUT2D eigenvalue weighted by molar-refractivity contribution is 0.0959. The molecular formula is C16H21N5O3. The number of aromatic amines is 1. The fourth-order valence-corrected chi connectivity index (χ4v) is 2.79.